The number of ether oxygens (including phenoxy) is 1. The lowest BCUT2D eigenvalue weighted by Gasteiger charge is -2.17. The van der Waals surface area contributed by atoms with E-state index in [0.29, 0.717) is 35.7 Å². The van der Waals surface area contributed by atoms with E-state index >= 15 is 0 Å². The molecule has 140 valence electrons. The van der Waals surface area contributed by atoms with Crippen molar-refractivity contribution in [3.05, 3.63) is 48.0 Å². The van der Waals surface area contributed by atoms with Crippen LogP contribution in [-0.2, 0) is 20.0 Å². The Bertz CT molecular complexity index is 1020. The standard InChI is InChI=1S/C17H20N2O5S2/c1-13-12-16(24-2)8-9-17(13)26(22,23)18-14-4-6-15(7-5-14)19-10-3-11-25(19,20)21/h4-9,12,18H,3,10-11H2,1-2H3. The van der Waals surface area contributed by atoms with E-state index < -0.39 is 20.0 Å². The molecule has 0 bridgehead atoms. The first-order chi connectivity index (χ1) is 12.2. The average molecular weight is 396 g/mol. The molecule has 1 fully saturated rings. The van der Waals surface area contributed by atoms with E-state index in [-0.39, 0.29) is 10.6 Å². The van der Waals surface area contributed by atoms with Gasteiger partial charge in [-0.25, -0.2) is 16.8 Å². The van der Waals surface area contributed by atoms with Crippen LogP contribution in [0, 0.1) is 6.92 Å². The maximum absolute atomic E-state index is 12.6. The van der Waals surface area contributed by atoms with Crippen LogP contribution in [0.3, 0.4) is 0 Å². The fraction of sp³-hybridized carbons (Fsp3) is 0.294. The quantitative estimate of drug-likeness (QED) is 0.837. The molecule has 0 saturated carbocycles. The van der Waals surface area contributed by atoms with Crippen LogP contribution in [0.2, 0.25) is 0 Å². The molecule has 0 atom stereocenters. The molecule has 0 aromatic heterocycles. The number of nitrogens with zero attached hydrogens (tertiary/aromatic N) is 1. The van der Waals surface area contributed by atoms with Gasteiger partial charge in [-0.2, -0.15) is 0 Å². The molecule has 9 heteroatoms. The average Bonchev–Trinajstić information content (AvgIpc) is 2.94. The molecule has 7 nitrogen and oxygen atoms in total. The highest BCUT2D eigenvalue weighted by molar-refractivity contribution is 7.93. The van der Waals surface area contributed by atoms with Gasteiger partial charge in [-0.05, 0) is 61.4 Å². The highest BCUT2D eigenvalue weighted by Crippen LogP contribution is 2.27. The zero-order valence-corrected chi connectivity index (χ0v) is 16.1. The summed E-state index contributed by atoms with van der Waals surface area (Å²) in [6.07, 6.45) is 0.591. The molecule has 1 saturated heterocycles. The smallest absolute Gasteiger partial charge is 0.262 e. The number of hydrogen-bond donors (Lipinski definition) is 1. The third-order valence-electron chi connectivity index (χ3n) is 4.18. The fourth-order valence-corrected chi connectivity index (χ4v) is 5.74. The van der Waals surface area contributed by atoms with Gasteiger partial charge in [0.05, 0.1) is 23.4 Å². The van der Waals surface area contributed by atoms with Crippen LogP contribution >= 0.6 is 0 Å². The molecule has 0 unspecified atom stereocenters. The Morgan fingerprint density at radius 1 is 1.12 bits per heavy atom. The van der Waals surface area contributed by atoms with Crippen LogP contribution in [0.5, 0.6) is 5.75 Å². The second kappa shape index (κ2) is 6.81. The van der Waals surface area contributed by atoms with Crippen molar-refractivity contribution < 1.29 is 21.6 Å². The first kappa shape index (κ1) is 18.5. The summed E-state index contributed by atoms with van der Waals surface area (Å²) in [6, 6.07) is 11.0. The highest BCUT2D eigenvalue weighted by Gasteiger charge is 2.28. The summed E-state index contributed by atoms with van der Waals surface area (Å²) in [7, 11) is -5.50. The number of benzene rings is 2. The van der Waals surface area contributed by atoms with Crippen molar-refractivity contribution in [1.82, 2.24) is 0 Å². The molecule has 0 amide bonds. The summed E-state index contributed by atoms with van der Waals surface area (Å²) in [5.74, 6) is 0.718. The number of methoxy groups -OCH3 is 1. The Labute approximate surface area is 153 Å². The molecule has 3 rings (SSSR count). The summed E-state index contributed by atoms with van der Waals surface area (Å²) in [5, 5.41) is 0. The number of hydrogen-bond acceptors (Lipinski definition) is 5. The van der Waals surface area contributed by atoms with E-state index in [1.807, 2.05) is 0 Å². The summed E-state index contributed by atoms with van der Waals surface area (Å²) in [5.41, 5.74) is 1.46. The molecule has 0 aliphatic carbocycles. The Kier molecular flexibility index (Phi) is 4.85. The van der Waals surface area contributed by atoms with Gasteiger partial charge < -0.3 is 4.74 Å². The van der Waals surface area contributed by atoms with Crippen LogP contribution < -0.4 is 13.8 Å². The Hall–Kier alpha value is -2.26. The molecule has 1 aliphatic heterocycles. The third kappa shape index (κ3) is 3.63. The number of rotatable bonds is 5. The molecular weight excluding hydrogens is 376 g/mol. The second-order valence-electron chi connectivity index (χ2n) is 6.03. The van der Waals surface area contributed by atoms with E-state index in [1.165, 1.54) is 17.5 Å². The van der Waals surface area contributed by atoms with Gasteiger partial charge in [-0.15, -0.1) is 0 Å². The van der Waals surface area contributed by atoms with Crippen molar-refractivity contribution in [3.63, 3.8) is 0 Å². The van der Waals surface area contributed by atoms with Crippen LogP contribution in [0.1, 0.15) is 12.0 Å². The predicted octanol–water partition coefficient (Wildman–Crippen LogP) is 2.34. The zero-order chi connectivity index (χ0) is 18.9. The third-order valence-corrected chi connectivity index (χ3v) is 7.59. The molecular formula is C17H20N2O5S2. The normalized spacial score (nSPS) is 16.5. The molecule has 0 radical (unpaired) electrons. The van der Waals surface area contributed by atoms with Gasteiger partial charge in [-0.3, -0.25) is 9.03 Å². The maximum atomic E-state index is 12.6. The molecule has 26 heavy (non-hydrogen) atoms. The number of sulfonamides is 2. The van der Waals surface area contributed by atoms with Crippen LogP contribution in [0.15, 0.2) is 47.4 Å². The topological polar surface area (TPSA) is 92.8 Å². The van der Waals surface area contributed by atoms with Crippen LogP contribution in [0.4, 0.5) is 11.4 Å². The number of anilines is 2. The van der Waals surface area contributed by atoms with Crippen LogP contribution in [0.25, 0.3) is 0 Å². The first-order valence-corrected chi connectivity index (χ1v) is 11.1. The van der Waals surface area contributed by atoms with Crippen molar-refractivity contribution >= 4 is 31.4 Å². The van der Waals surface area contributed by atoms with Gasteiger partial charge in [0.2, 0.25) is 10.0 Å². The van der Waals surface area contributed by atoms with E-state index in [0.717, 1.165) is 0 Å². The number of aryl methyl sites for hydroxylation is 1. The minimum Gasteiger partial charge on any atom is -0.497 e. The first-order valence-electron chi connectivity index (χ1n) is 8.01. The minimum atomic E-state index is -3.76. The van der Waals surface area contributed by atoms with Crippen molar-refractivity contribution in [2.24, 2.45) is 0 Å². The highest BCUT2D eigenvalue weighted by atomic mass is 32.2. The lowest BCUT2D eigenvalue weighted by Crippen LogP contribution is -2.25. The van der Waals surface area contributed by atoms with Gasteiger partial charge in [0, 0.05) is 12.2 Å². The van der Waals surface area contributed by atoms with Gasteiger partial charge in [0.25, 0.3) is 10.0 Å². The summed E-state index contributed by atoms with van der Waals surface area (Å²) in [4.78, 5) is 0.157. The predicted molar refractivity (Wildman–Crippen MR) is 101 cm³/mol. The van der Waals surface area contributed by atoms with Gasteiger partial charge in [0.1, 0.15) is 5.75 Å². The second-order valence-corrected chi connectivity index (χ2v) is 9.69. The van der Waals surface area contributed by atoms with E-state index in [1.54, 1.807) is 43.3 Å². The van der Waals surface area contributed by atoms with Crippen molar-refractivity contribution in [3.8, 4) is 5.75 Å². The lowest BCUT2D eigenvalue weighted by atomic mass is 10.2. The maximum Gasteiger partial charge on any atom is 0.262 e. The summed E-state index contributed by atoms with van der Waals surface area (Å²) < 4.78 is 58.1. The number of nitrogens with one attached hydrogen (secondary N) is 1. The van der Waals surface area contributed by atoms with Gasteiger partial charge >= 0.3 is 0 Å². The molecule has 1 heterocycles. The van der Waals surface area contributed by atoms with Crippen molar-refractivity contribution in [2.45, 2.75) is 18.2 Å². The van der Waals surface area contributed by atoms with Gasteiger partial charge in [0.15, 0.2) is 0 Å². The fourth-order valence-electron chi connectivity index (χ4n) is 2.89. The Morgan fingerprint density at radius 2 is 1.81 bits per heavy atom. The molecule has 0 spiro atoms. The van der Waals surface area contributed by atoms with E-state index in [2.05, 4.69) is 4.72 Å². The molecule has 1 N–H and O–H groups in total. The van der Waals surface area contributed by atoms with Crippen molar-refractivity contribution in [1.29, 1.82) is 0 Å². The van der Waals surface area contributed by atoms with Gasteiger partial charge in [-0.1, -0.05) is 0 Å². The van der Waals surface area contributed by atoms with E-state index in [4.69, 9.17) is 4.74 Å². The largest absolute Gasteiger partial charge is 0.497 e. The Balaban J connectivity index is 1.82. The minimum absolute atomic E-state index is 0.137. The van der Waals surface area contributed by atoms with E-state index in [9.17, 15) is 16.8 Å². The summed E-state index contributed by atoms with van der Waals surface area (Å²) >= 11 is 0. The molecule has 1 aliphatic rings. The summed E-state index contributed by atoms with van der Waals surface area (Å²) in [6.45, 7) is 2.14. The molecule has 2 aromatic rings. The lowest BCUT2D eigenvalue weighted by molar-refractivity contribution is 0.414. The monoisotopic (exact) mass is 396 g/mol. The Morgan fingerprint density at radius 3 is 2.35 bits per heavy atom. The van der Waals surface area contributed by atoms with Crippen molar-refractivity contribution in [2.75, 3.05) is 28.4 Å². The SMILES string of the molecule is COc1ccc(S(=O)(=O)Nc2ccc(N3CCCS3(=O)=O)cc2)c(C)c1. The molecule has 2 aromatic carbocycles. The zero-order valence-electron chi connectivity index (χ0n) is 14.5. The van der Waals surface area contributed by atoms with Crippen LogP contribution in [-0.4, -0.2) is 36.2 Å².